The van der Waals surface area contributed by atoms with E-state index in [1.54, 1.807) is 0 Å². The van der Waals surface area contributed by atoms with E-state index in [0.29, 0.717) is 25.9 Å². The second kappa shape index (κ2) is 5.84. The van der Waals surface area contributed by atoms with Crippen LogP contribution in [0.25, 0.3) is 0 Å². The zero-order valence-corrected chi connectivity index (χ0v) is 10.8. The molecule has 102 valence electrons. The highest BCUT2D eigenvalue weighted by molar-refractivity contribution is 5.81. The lowest BCUT2D eigenvalue weighted by Gasteiger charge is -2.35. The molecule has 1 aliphatic heterocycles. The van der Waals surface area contributed by atoms with Crippen LogP contribution >= 0.6 is 0 Å². The van der Waals surface area contributed by atoms with Gasteiger partial charge in [0.1, 0.15) is 6.04 Å². The Morgan fingerprint density at radius 3 is 2.16 bits per heavy atom. The number of nitrogens with two attached hydrogens (primary N) is 2. The molecule has 19 heavy (non-hydrogen) atoms. The first kappa shape index (κ1) is 13.5. The van der Waals surface area contributed by atoms with Crippen LogP contribution in [-0.2, 0) is 9.59 Å². The molecule has 0 saturated carbocycles. The lowest BCUT2D eigenvalue weighted by Crippen LogP contribution is -2.44. The molecule has 5 nitrogen and oxygen atoms in total. The average Bonchev–Trinajstić information content (AvgIpc) is 2.40. The van der Waals surface area contributed by atoms with E-state index < -0.39 is 6.04 Å². The highest BCUT2D eigenvalue weighted by Gasteiger charge is 2.31. The van der Waals surface area contributed by atoms with Crippen molar-refractivity contribution in [2.75, 3.05) is 13.1 Å². The van der Waals surface area contributed by atoms with Crippen LogP contribution in [0.5, 0.6) is 0 Å². The molecule has 1 fully saturated rings. The number of hydrogen-bond acceptors (Lipinski definition) is 3. The van der Waals surface area contributed by atoms with Crippen LogP contribution in [0.1, 0.15) is 24.4 Å². The molecule has 1 aliphatic rings. The fraction of sp³-hybridized carbons (Fsp3) is 0.429. The predicted octanol–water partition coefficient (Wildman–Crippen LogP) is 0.410. The Kier molecular flexibility index (Phi) is 4.16. The molecule has 1 heterocycles. The molecule has 1 aromatic rings. The Morgan fingerprint density at radius 2 is 1.68 bits per heavy atom. The highest BCUT2D eigenvalue weighted by atomic mass is 16.1. The summed E-state index contributed by atoms with van der Waals surface area (Å²) in [7, 11) is 0. The molecule has 0 aromatic heterocycles. The van der Waals surface area contributed by atoms with E-state index in [4.69, 9.17) is 11.5 Å². The summed E-state index contributed by atoms with van der Waals surface area (Å²) in [6.45, 7) is 1.33. The third-order valence-corrected chi connectivity index (χ3v) is 3.68. The first-order valence-electron chi connectivity index (χ1n) is 6.47. The summed E-state index contributed by atoms with van der Waals surface area (Å²) in [5.74, 6) is -0.695. The zero-order chi connectivity index (χ0) is 13.8. The van der Waals surface area contributed by atoms with Gasteiger partial charge >= 0.3 is 0 Å². The summed E-state index contributed by atoms with van der Waals surface area (Å²) in [6, 6.07) is 9.06. The van der Waals surface area contributed by atoms with Crippen LogP contribution < -0.4 is 11.5 Å². The number of likely N-dealkylation sites (tertiary alicyclic amines) is 1. The van der Waals surface area contributed by atoms with Gasteiger partial charge in [-0.1, -0.05) is 30.3 Å². The van der Waals surface area contributed by atoms with Gasteiger partial charge in [-0.25, -0.2) is 0 Å². The molecule has 0 unspecified atom stereocenters. The Hall–Kier alpha value is -1.88. The summed E-state index contributed by atoms with van der Waals surface area (Å²) >= 11 is 0. The van der Waals surface area contributed by atoms with E-state index >= 15 is 0 Å². The molecule has 5 heteroatoms. The number of nitrogens with zero attached hydrogens (tertiary/aromatic N) is 1. The molecule has 1 atom stereocenters. The minimum Gasteiger partial charge on any atom is -0.369 e. The number of rotatable bonds is 4. The van der Waals surface area contributed by atoms with Crippen molar-refractivity contribution in [3.8, 4) is 0 Å². The third-order valence-electron chi connectivity index (χ3n) is 3.68. The maximum Gasteiger partial charge on any atom is 0.239 e. The van der Waals surface area contributed by atoms with Crippen molar-refractivity contribution < 1.29 is 9.59 Å². The Balaban J connectivity index is 2.10. The molecule has 1 aromatic carbocycles. The summed E-state index contributed by atoms with van der Waals surface area (Å²) in [6.07, 6.45) is 1.37. The Bertz CT molecular complexity index is 453. The quantitative estimate of drug-likeness (QED) is 0.822. The summed E-state index contributed by atoms with van der Waals surface area (Å²) < 4.78 is 0. The Labute approximate surface area is 112 Å². The van der Waals surface area contributed by atoms with Crippen molar-refractivity contribution >= 4 is 11.8 Å². The fourth-order valence-corrected chi connectivity index (χ4v) is 2.63. The van der Waals surface area contributed by atoms with Crippen molar-refractivity contribution in [2.45, 2.75) is 18.9 Å². The van der Waals surface area contributed by atoms with E-state index in [1.807, 2.05) is 35.2 Å². The van der Waals surface area contributed by atoms with Crippen molar-refractivity contribution in [2.24, 2.45) is 17.4 Å². The van der Waals surface area contributed by atoms with E-state index in [2.05, 4.69) is 0 Å². The number of piperidine rings is 1. The van der Waals surface area contributed by atoms with Gasteiger partial charge in [-0.05, 0) is 31.5 Å². The molecule has 0 spiro atoms. The first-order valence-corrected chi connectivity index (χ1v) is 6.47. The fourth-order valence-electron chi connectivity index (χ4n) is 2.63. The van der Waals surface area contributed by atoms with E-state index in [9.17, 15) is 9.59 Å². The molecule has 2 rings (SSSR count). The minimum atomic E-state index is -0.421. The lowest BCUT2D eigenvalue weighted by molar-refractivity contribution is -0.125. The molecular formula is C14H19N3O2. The molecule has 4 N–H and O–H groups in total. The number of primary amides is 2. The first-order chi connectivity index (χ1) is 9.09. The molecule has 2 amide bonds. The molecular weight excluding hydrogens is 242 g/mol. The molecule has 1 saturated heterocycles. The van der Waals surface area contributed by atoms with E-state index in [1.165, 1.54) is 0 Å². The van der Waals surface area contributed by atoms with Crippen molar-refractivity contribution in [3.63, 3.8) is 0 Å². The van der Waals surface area contributed by atoms with E-state index in [-0.39, 0.29) is 17.7 Å². The van der Waals surface area contributed by atoms with Gasteiger partial charge in [-0.3, -0.25) is 14.5 Å². The normalized spacial score (nSPS) is 18.9. The van der Waals surface area contributed by atoms with Crippen molar-refractivity contribution in [3.05, 3.63) is 35.9 Å². The van der Waals surface area contributed by atoms with Crippen LogP contribution in [0.15, 0.2) is 30.3 Å². The maximum atomic E-state index is 11.7. The molecule has 0 bridgehead atoms. The second-order valence-electron chi connectivity index (χ2n) is 4.93. The van der Waals surface area contributed by atoms with Crippen LogP contribution in [0.3, 0.4) is 0 Å². The van der Waals surface area contributed by atoms with Gasteiger partial charge < -0.3 is 11.5 Å². The van der Waals surface area contributed by atoms with Gasteiger partial charge in [-0.15, -0.1) is 0 Å². The molecule has 0 radical (unpaired) electrons. The predicted molar refractivity (Wildman–Crippen MR) is 71.9 cm³/mol. The Morgan fingerprint density at radius 1 is 1.11 bits per heavy atom. The summed E-state index contributed by atoms with van der Waals surface area (Å²) in [5.41, 5.74) is 11.7. The van der Waals surface area contributed by atoms with Gasteiger partial charge in [0, 0.05) is 5.92 Å². The maximum absolute atomic E-state index is 11.7. The number of carbonyl (C=O) groups excluding carboxylic acids is 2. The second-order valence-corrected chi connectivity index (χ2v) is 4.93. The third kappa shape index (κ3) is 3.12. The van der Waals surface area contributed by atoms with Gasteiger partial charge in [0.2, 0.25) is 11.8 Å². The van der Waals surface area contributed by atoms with Crippen molar-refractivity contribution in [1.29, 1.82) is 0 Å². The van der Waals surface area contributed by atoms with Crippen LogP contribution in [0.2, 0.25) is 0 Å². The van der Waals surface area contributed by atoms with Crippen LogP contribution in [0.4, 0.5) is 0 Å². The highest BCUT2D eigenvalue weighted by Crippen LogP contribution is 2.26. The largest absolute Gasteiger partial charge is 0.369 e. The summed E-state index contributed by atoms with van der Waals surface area (Å²) in [5, 5.41) is 0. The van der Waals surface area contributed by atoms with Crippen molar-refractivity contribution in [1.82, 2.24) is 4.90 Å². The SMILES string of the molecule is NC(=O)C1CCN([C@@H](C(N)=O)c2ccccc2)CC1. The topological polar surface area (TPSA) is 89.4 Å². The van der Waals surface area contributed by atoms with Gasteiger partial charge in [-0.2, -0.15) is 0 Å². The lowest BCUT2D eigenvalue weighted by atomic mass is 9.93. The summed E-state index contributed by atoms with van der Waals surface area (Å²) in [4.78, 5) is 24.9. The standard InChI is InChI=1S/C14H19N3O2/c15-13(18)11-6-8-17(9-7-11)12(14(16)19)10-4-2-1-3-5-10/h1-5,11-12H,6-9H2,(H2,15,18)(H2,16,19)/t12-/m1/s1. The van der Waals surface area contributed by atoms with Crippen LogP contribution in [-0.4, -0.2) is 29.8 Å². The minimum absolute atomic E-state index is 0.0828. The van der Waals surface area contributed by atoms with Gasteiger partial charge in [0.25, 0.3) is 0 Å². The number of benzene rings is 1. The van der Waals surface area contributed by atoms with E-state index in [0.717, 1.165) is 5.56 Å². The molecule has 0 aliphatic carbocycles. The number of carbonyl (C=O) groups is 2. The smallest absolute Gasteiger partial charge is 0.239 e. The average molecular weight is 261 g/mol. The number of amides is 2. The zero-order valence-electron chi connectivity index (χ0n) is 10.8. The van der Waals surface area contributed by atoms with Gasteiger partial charge in [0.05, 0.1) is 0 Å². The number of hydrogen-bond donors (Lipinski definition) is 2. The van der Waals surface area contributed by atoms with Crippen LogP contribution in [0, 0.1) is 5.92 Å². The van der Waals surface area contributed by atoms with Gasteiger partial charge in [0.15, 0.2) is 0 Å². The monoisotopic (exact) mass is 261 g/mol.